The zero-order valence-electron chi connectivity index (χ0n) is 10.1. The molecule has 1 rings (SSSR count). The van der Waals surface area contributed by atoms with Crippen LogP contribution in [0.5, 0.6) is 0 Å². The summed E-state index contributed by atoms with van der Waals surface area (Å²) in [7, 11) is 2.17. The summed E-state index contributed by atoms with van der Waals surface area (Å²) in [4.78, 5) is 3.75. The van der Waals surface area contributed by atoms with Gasteiger partial charge in [-0.15, -0.1) is 11.3 Å². The van der Waals surface area contributed by atoms with Crippen molar-refractivity contribution in [2.24, 2.45) is 5.73 Å². The minimum atomic E-state index is 0.169. The van der Waals surface area contributed by atoms with Gasteiger partial charge in [-0.2, -0.15) is 0 Å². The Bertz CT molecular complexity index is 269. The van der Waals surface area contributed by atoms with E-state index in [1.807, 2.05) is 0 Å². The predicted octanol–water partition coefficient (Wildman–Crippen LogP) is 2.87. The van der Waals surface area contributed by atoms with Crippen LogP contribution in [0.15, 0.2) is 17.5 Å². The summed E-state index contributed by atoms with van der Waals surface area (Å²) in [6.07, 6.45) is 1.16. The third kappa shape index (κ3) is 3.03. The SMILES string of the molecule is CCC(C)N(C)C(c1cccs1)C(C)N. The summed E-state index contributed by atoms with van der Waals surface area (Å²) in [5.74, 6) is 0. The third-order valence-electron chi connectivity index (χ3n) is 3.06. The zero-order valence-corrected chi connectivity index (χ0v) is 10.9. The number of nitrogens with two attached hydrogens (primary N) is 1. The van der Waals surface area contributed by atoms with Gasteiger partial charge >= 0.3 is 0 Å². The van der Waals surface area contributed by atoms with Gasteiger partial charge in [-0.3, -0.25) is 4.90 Å². The fourth-order valence-corrected chi connectivity index (χ4v) is 2.84. The lowest BCUT2D eigenvalue weighted by Crippen LogP contribution is -2.41. The van der Waals surface area contributed by atoms with Crippen LogP contribution in [0.2, 0.25) is 0 Å². The van der Waals surface area contributed by atoms with Crippen LogP contribution in [0.1, 0.15) is 38.1 Å². The molecule has 86 valence electrons. The lowest BCUT2D eigenvalue weighted by molar-refractivity contribution is 0.164. The Morgan fingerprint density at radius 1 is 1.47 bits per heavy atom. The van der Waals surface area contributed by atoms with E-state index in [4.69, 9.17) is 5.73 Å². The van der Waals surface area contributed by atoms with Gasteiger partial charge in [-0.05, 0) is 38.8 Å². The molecule has 0 aliphatic heterocycles. The fraction of sp³-hybridized carbons (Fsp3) is 0.667. The molecule has 2 nitrogen and oxygen atoms in total. The molecule has 0 bridgehead atoms. The molecule has 0 spiro atoms. The standard InChI is InChI=1S/C12H22N2S/c1-5-9(2)14(4)12(10(3)13)11-7-6-8-15-11/h6-10,12H,5,13H2,1-4H3. The monoisotopic (exact) mass is 226 g/mol. The lowest BCUT2D eigenvalue weighted by Gasteiger charge is -2.34. The maximum atomic E-state index is 6.09. The largest absolute Gasteiger partial charge is 0.326 e. The number of rotatable bonds is 5. The molecule has 1 aromatic rings. The van der Waals surface area contributed by atoms with E-state index in [1.54, 1.807) is 11.3 Å². The second-order valence-electron chi connectivity index (χ2n) is 4.24. The lowest BCUT2D eigenvalue weighted by atomic mass is 10.0. The highest BCUT2D eigenvalue weighted by Gasteiger charge is 2.24. The average molecular weight is 226 g/mol. The Hall–Kier alpha value is -0.380. The number of likely N-dealkylation sites (N-methyl/N-ethyl adjacent to an activating group) is 1. The second kappa shape index (κ2) is 5.64. The van der Waals surface area contributed by atoms with Crippen molar-refractivity contribution < 1.29 is 0 Å². The van der Waals surface area contributed by atoms with E-state index in [0.717, 1.165) is 6.42 Å². The molecule has 1 heterocycles. The van der Waals surface area contributed by atoms with Gasteiger partial charge in [-0.1, -0.05) is 13.0 Å². The van der Waals surface area contributed by atoms with Gasteiger partial charge in [-0.25, -0.2) is 0 Å². The second-order valence-corrected chi connectivity index (χ2v) is 5.22. The van der Waals surface area contributed by atoms with Crippen LogP contribution in [0.4, 0.5) is 0 Å². The average Bonchev–Trinajstić information content (AvgIpc) is 2.69. The minimum Gasteiger partial charge on any atom is -0.326 e. The molecule has 0 aliphatic rings. The Balaban J connectivity index is 2.84. The van der Waals surface area contributed by atoms with E-state index in [9.17, 15) is 0 Å². The summed E-state index contributed by atoms with van der Waals surface area (Å²) < 4.78 is 0. The highest BCUT2D eigenvalue weighted by Crippen LogP contribution is 2.28. The normalized spacial score (nSPS) is 17.7. The maximum absolute atomic E-state index is 6.09. The summed E-state index contributed by atoms with van der Waals surface area (Å²) in [6.45, 7) is 6.56. The molecular weight excluding hydrogens is 204 g/mol. The molecule has 0 saturated carbocycles. The summed E-state index contributed by atoms with van der Waals surface area (Å²) >= 11 is 1.79. The molecule has 3 unspecified atom stereocenters. The minimum absolute atomic E-state index is 0.169. The van der Waals surface area contributed by atoms with Gasteiger partial charge in [0.25, 0.3) is 0 Å². The molecule has 3 atom stereocenters. The van der Waals surface area contributed by atoms with Crippen molar-refractivity contribution in [1.82, 2.24) is 4.90 Å². The quantitative estimate of drug-likeness (QED) is 0.836. The van der Waals surface area contributed by atoms with Crippen LogP contribution < -0.4 is 5.73 Å². The van der Waals surface area contributed by atoms with Crippen molar-refractivity contribution in [3.63, 3.8) is 0 Å². The van der Waals surface area contributed by atoms with Gasteiger partial charge in [0.2, 0.25) is 0 Å². The van der Waals surface area contributed by atoms with Crippen LogP contribution in [-0.4, -0.2) is 24.0 Å². The van der Waals surface area contributed by atoms with Crippen LogP contribution in [0.3, 0.4) is 0 Å². The number of hydrogen-bond acceptors (Lipinski definition) is 3. The van der Waals surface area contributed by atoms with Gasteiger partial charge in [0.15, 0.2) is 0 Å². The Kier molecular flexibility index (Phi) is 4.77. The number of thiophene rings is 1. The molecule has 15 heavy (non-hydrogen) atoms. The van der Waals surface area contributed by atoms with Gasteiger partial charge in [0.1, 0.15) is 0 Å². The van der Waals surface area contributed by atoms with Crippen molar-refractivity contribution in [3.8, 4) is 0 Å². The molecule has 1 aromatic heterocycles. The zero-order chi connectivity index (χ0) is 11.4. The first-order chi connectivity index (χ1) is 7.07. The van der Waals surface area contributed by atoms with E-state index < -0.39 is 0 Å². The van der Waals surface area contributed by atoms with E-state index in [2.05, 4.69) is 50.2 Å². The van der Waals surface area contributed by atoms with E-state index >= 15 is 0 Å². The van der Waals surface area contributed by atoms with E-state index in [1.165, 1.54) is 4.88 Å². The van der Waals surface area contributed by atoms with Crippen molar-refractivity contribution in [3.05, 3.63) is 22.4 Å². The Morgan fingerprint density at radius 2 is 2.13 bits per heavy atom. The summed E-state index contributed by atoms with van der Waals surface area (Å²) in [5, 5.41) is 2.12. The van der Waals surface area contributed by atoms with Gasteiger partial charge < -0.3 is 5.73 Å². The number of hydrogen-bond donors (Lipinski definition) is 1. The molecule has 2 N–H and O–H groups in total. The van der Waals surface area contributed by atoms with Crippen LogP contribution in [-0.2, 0) is 0 Å². The molecular formula is C12H22N2S. The Labute approximate surface area is 97.1 Å². The predicted molar refractivity (Wildman–Crippen MR) is 68.2 cm³/mol. The Morgan fingerprint density at radius 3 is 2.53 bits per heavy atom. The molecule has 0 fully saturated rings. The van der Waals surface area contributed by atoms with Crippen molar-refractivity contribution in [2.45, 2.75) is 45.3 Å². The molecule has 0 amide bonds. The van der Waals surface area contributed by atoms with Gasteiger partial charge in [0, 0.05) is 17.0 Å². The van der Waals surface area contributed by atoms with Crippen LogP contribution in [0, 0.1) is 0 Å². The first-order valence-corrected chi connectivity index (χ1v) is 6.46. The fourth-order valence-electron chi connectivity index (χ4n) is 1.85. The van der Waals surface area contributed by atoms with Crippen LogP contribution in [0.25, 0.3) is 0 Å². The molecule has 0 aliphatic carbocycles. The summed E-state index contributed by atoms with van der Waals surface area (Å²) in [6, 6.07) is 5.36. The number of nitrogens with zero attached hydrogens (tertiary/aromatic N) is 1. The molecule has 0 aromatic carbocycles. The first-order valence-electron chi connectivity index (χ1n) is 5.58. The summed E-state index contributed by atoms with van der Waals surface area (Å²) in [5.41, 5.74) is 6.09. The van der Waals surface area contributed by atoms with Crippen LogP contribution >= 0.6 is 11.3 Å². The smallest absolute Gasteiger partial charge is 0.0590 e. The van der Waals surface area contributed by atoms with Crippen molar-refractivity contribution >= 4 is 11.3 Å². The maximum Gasteiger partial charge on any atom is 0.0590 e. The van der Waals surface area contributed by atoms with Crippen molar-refractivity contribution in [1.29, 1.82) is 0 Å². The highest BCUT2D eigenvalue weighted by atomic mass is 32.1. The molecule has 0 saturated heterocycles. The topological polar surface area (TPSA) is 29.3 Å². The van der Waals surface area contributed by atoms with Crippen molar-refractivity contribution in [2.75, 3.05) is 7.05 Å². The van der Waals surface area contributed by atoms with Gasteiger partial charge in [0.05, 0.1) is 6.04 Å². The van der Waals surface area contributed by atoms with E-state index in [-0.39, 0.29) is 6.04 Å². The first kappa shape index (κ1) is 12.7. The molecule has 0 radical (unpaired) electrons. The third-order valence-corrected chi connectivity index (χ3v) is 4.00. The van der Waals surface area contributed by atoms with E-state index in [0.29, 0.717) is 12.1 Å². The molecule has 3 heteroatoms. The highest BCUT2D eigenvalue weighted by molar-refractivity contribution is 7.10.